The molecule has 28 heavy (non-hydrogen) atoms. The van der Waals surface area contributed by atoms with Gasteiger partial charge >= 0.3 is 0 Å². The Labute approximate surface area is 162 Å². The van der Waals surface area contributed by atoms with Crippen molar-refractivity contribution in [2.45, 2.75) is 32.2 Å². The van der Waals surface area contributed by atoms with Gasteiger partial charge in [-0.25, -0.2) is 4.39 Å². The van der Waals surface area contributed by atoms with Gasteiger partial charge in [-0.05, 0) is 30.5 Å². The molecule has 8 nitrogen and oxygen atoms in total. The second-order valence-electron chi connectivity index (χ2n) is 6.78. The molecule has 1 unspecified atom stereocenters. The number of hydrogen-bond acceptors (Lipinski definition) is 7. The predicted molar refractivity (Wildman–Crippen MR) is 98.3 cm³/mol. The van der Waals surface area contributed by atoms with Gasteiger partial charge < -0.3 is 4.52 Å². The molecular weight excluding hydrogens is 389 g/mol. The van der Waals surface area contributed by atoms with Crippen LogP contribution in [-0.2, 0) is 20.8 Å². The molecule has 4 rings (SSSR count). The van der Waals surface area contributed by atoms with Gasteiger partial charge in [-0.2, -0.15) is 0 Å². The third kappa shape index (κ3) is 3.07. The molecule has 0 bridgehead atoms. The number of Topliss-reactive ketones (excluding diaryl/α,β-unsaturated/α-hetero) is 1. The summed E-state index contributed by atoms with van der Waals surface area (Å²) in [5.74, 6) is -2.75. The van der Waals surface area contributed by atoms with Crippen LogP contribution in [0.4, 0.5) is 15.0 Å². The smallest absolute Gasteiger partial charge is 0.287 e. The number of piperidine rings is 1. The molecule has 3 amide bonds. The van der Waals surface area contributed by atoms with E-state index in [4.69, 9.17) is 4.52 Å². The Balaban J connectivity index is 1.72. The molecule has 2 aromatic rings. The largest absolute Gasteiger partial charge is 0.351 e. The van der Waals surface area contributed by atoms with Gasteiger partial charge in [0.05, 0.1) is 11.8 Å². The Bertz CT molecular complexity index is 1000. The number of fused-ring (bicyclic) bond motifs is 1. The molecule has 2 fully saturated rings. The molecule has 3 heterocycles. The number of benzene rings is 1. The molecule has 146 valence electrons. The number of aromatic nitrogens is 1. The topological polar surface area (TPSA) is 110 Å². The van der Waals surface area contributed by atoms with Gasteiger partial charge in [0.25, 0.3) is 5.24 Å². The minimum atomic E-state index is -1.06. The van der Waals surface area contributed by atoms with E-state index in [-0.39, 0.29) is 35.5 Å². The second kappa shape index (κ2) is 7.01. The summed E-state index contributed by atoms with van der Waals surface area (Å²) in [7, 11) is 0. The zero-order valence-corrected chi connectivity index (χ0v) is 15.7. The molecule has 10 heteroatoms. The molecule has 0 spiro atoms. The van der Waals surface area contributed by atoms with Crippen molar-refractivity contribution in [1.29, 1.82) is 0 Å². The van der Waals surface area contributed by atoms with Crippen LogP contribution in [0.3, 0.4) is 0 Å². The van der Waals surface area contributed by atoms with Crippen molar-refractivity contribution in [2.75, 3.05) is 10.7 Å². The van der Waals surface area contributed by atoms with Crippen LogP contribution in [0.15, 0.2) is 16.7 Å². The van der Waals surface area contributed by atoms with Crippen LogP contribution in [-0.4, -0.2) is 39.8 Å². The van der Waals surface area contributed by atoms with Crippen molar-refractivity contribution in [1.82, 2.24) is 10.5 Å². The average Bonchev–Trinajstić information content (AvgIpc) is 3.21. The third-order valence-corrected chi connectivity index (χ3v) is 5.97. The van der Waals surface area contributed by atoms with E-state index in [1.807, 2.05) is 6.92 Å². The van der Waals surface area contributed by atoms with E-state index in [0.29, 0.717) is 23.1 Å². The highest BCUT2D eigenvalue weighted by Crippen LogP contribution is 2.37. The fourth-order valence-electron chi connectivity index (χ4n) is 3.50. The number of hydrogen-bond donors (Lipinski definition) is 1. The number of nitrogens with one attached hydrogen (secondary N) is 1. The summed E-state index contributed by atoms with van der Waals surface area (Å²) >= 11 is 1.16. The maximum atomic E-state index is 14.6. The van der Waals surface area contributed by atoms with Crippen molar-refractivity contribution in [3.05, 3.63) is 23.5 Å². The molecule has 2 aliphatic rings. The monoisotopic (exact) mass is 405 g/mol. The number of halogens is 1. The number of rotatable bonds is 4. The predicted octanol–water partition coefficient (Wildman–Crippen LogP) is 2.19. The van der Waals surface area contributed by atoms with E-state index in [1.165, 1.54) is 11.0 Å². The fraction of sp³-hybridized carbons (Fsp3) is 0.389. The zero-order chi connectivity index (χ0) is 20.0. The lowest BCUT2D eigenvalue weighted by Gasteiger charge is -2.21. The molecule has 1 aromatic carbocycles. The van der Waals surface area contributed by atoms with Crippen molar-refractivity contribution in [3.63, 3.8) is 0 Å². The average molecular weight is 405 g/mol. The van der Waals surface area contributed by atoms with Gasteiger partial charge in [0.2, 0.25) is 17.4 Å². The number of imide groups is 1. The Morgan fingerprint density at radius 1 is 1.32 bits per heavy atom. The van der Waals surface area contributed by atoms with E-state index in [1.54, 1.807) is 6.07 Å². The molecule has 0 radical (unpaired) electrons. The molecule has 2 atom stereocenters. The maximum Gasteiger partial charge on any atom is 0.287 e. The van der Waals surface area contributed by atoms with E-state index in [0.717, 1.165) is 11.8 Å². The van der Waals surface area contributed by atoms with Gasteiger partial charge in [0.15, 0.2) is 17.4 Å². The third-order valence-electron chi connectivity index (χ3n) is 4.97. The number of ketones is 1. The summed E-state index contributed by atoms with van der Waals surface area (Å²) in [5, 5.41) is 6.15. The molecule has 1 aromatic heterocycles. The second-order valence-corrected chi connectivity index (χ2v) is 7.75. The lowest BCUT2D eigenvalue weighted by Crippen LogP contribution is -2.46. The van der Waals surface area contributed by atoms with E-state index in [9.17, 15) is 23.6 Å². The maximum absolute atomic E-state index is 14.6. The van der Waals surface area contributed by atoms with Gasteiger partial charge in [-0.1, -0.05) is 23.8 Å². The lowest BCUT2D eigenvalue weighted by atomic mass is 9.89. The fourth-order valence-corrected chi connectivity index (χ4v) is 4.59. The summed E-state index contributed by atoms with van der Waals surface area (Å²) in [6, 6.07) is 2.67. The highest BCUT2D eigenvalue weighted by molar-refractivity contribution is 8.14. The number of thioether (sulfide) groups is 1. The first-order valence-corrected chi connectivity index (χ1v) is 9.77. The molecule has 2 saturated heterocycles. The van der Waals surface area contributed by atoms with Crippen LogP contribution in [0.2, 0.25) is 0 Å². The van der Waals surface area contributed by atoms with Crippen LogP contribution >= 0.6 is 11.8 Å². The van der Waals surface area contributed by atoms with Crippen molar-refractivity contribution in [2.24, 2.45) is 5.92 Å². The van der Waals surface area contributed by atoms with E-state index >= 15 is 0 Å². The van der Waals surface area contributed by atoms with Crippen molar-refractivity contribution in [3.8, 4) is 0 Å². The molecule has 2 aliphatic heterocycles. The quantitative estimate of drug-likeness (QED) is 0.613. The highest BCUT2D eigenvalue weighted by Gasteiger charge is 2.37. The summed E-state index contributed by atoms with van der Waals surface area (Å²) in [5.41, 5.74) is 0.289. The standard InChI is InChI=1S/C18H16FN3O5S/c1-2-9-7-28-18(26)22(9)16-11-4-8(5-12(19)15(11)27-21-16)3-10-13(23)6-14(24)20-17(10)25/h4-5,9-10H,2-3,6-7H2,1H3,(H,20,24,25)/t9-,10?/m0/s1. The van der Waals surface area contributed by atoms with Crippen molar-refractivity contribution >= 4 is 51.4 Å². The Kier molecular flexibility index (Phi) is 4.66. The van der Waals surface area contributed by atoms with Crippen LogP contribution < -0.4 is 10.2 Å². The molecule has 0 saturated carbocycles. The summed E-state index contributed by atoms with van der Waals surface area (Å²) in [6.07, 6.45) is 0.271. The Morgan fingerprint density at radius 2 is 2.11 bits per heavy atom. The van der Waals surface area contributed by atoms with E-state index in [2.05, 4.69) is 10.5 Å². The van der Waals surface area contributed by atoms with Gasteiger partial charge in [0.1, 0.15) is 5.92 Å². The van der Waals surface area contributed by atoms with Gasteiger partial charge in [-0.15, -0.1) is 0 Å². The summed E-state index contributed by atoms with van der Waals surface area (Å²) < 4.78 is 19.7. The zero-order valence-electron chi connectivity index (χ0n) is 14.9. The van der Waals surface area contributed by atoms with Crippen LogP contribution in [0.1, 0.15) is 25.3 Å². The van der Waals surface area contributed by atoms with Crippen LogP contribution in [0.5, 0.6) is 0 Å². The van der Waals surface area contributed by atoms with Gasteiger partial charge in [-0.3, -0.25) is 29.4 Å². The van der Waals surface area contributed by atoms with E-state index < -0.39 is 29.3 Å². The normalized spacial score (nSPS) is 23.0. The van der Waals surface area contributed by atoms with Crippen LogP contribution in [0.25, 0.3) is 11.0 Å². The van der Waals surface area contributed by atoms with Crippen LogP contribution in [0, 0.1) is 11.7 Å². The Hall–Kier alpha value is -2.75. The minimum Gasteiger partial charge on any atom is -0.351 e. The number of carbonyl (C=O) groups excluding carboxylic acids is 4. The number of nitrogens with zero attached hydrogens (tertiary/aromatic N) is 2. The first-order chi connectivity index (χ1) is 13.4. The SMILES string of the molecule is CC[C@H]1CSC(=O)N1c1noc2c(F)cc(CC3C(=O)CC(=O)NC3=O)cc12. The minimum absolute atomic E-state index is 0.0602. The molecule has 1 N–H and O–H groups in total. The number of amides is 3. The molecule has 0 aliphatic carbocycles. The number of anilines is 1. The lowest BCUT2D eigenvalue weighted by molar-refractivity contribution is -0.143. The summed E-state index contributed by atoms with van der Waals surface area (Å²) in [4.78, 5) is 49.1. The number of carbonyl (C=O) groups is 4. The van der Waals surface area contributed by atoms with Gasteiger partial charge in [0, 0.05) is 11.8 Å². The Morgan fingerprint density at radius 3 is 2.82 bits per heavy atom. The summed E-state index contributed by atoms with van der Waals surface area (Å²) in [6.45, 7) is 1.94. The highest BCUT2D eigenvalue weighted by atomic mass is 32.2. The first kappa shape index (κ1) is 18.6. The van der Waals surface area contributed by atoms with Crippen molar-refractivity contribution < 1.29 is 28.1 Å². The first-order valence-electron chi connectivity index (χ1n) is 8.79. The molecular formula is C18H16FN3O5S.